The lowest BCUT2D eigenvalue weighted by atomic mass is 10.1. The predicted molar refractivity (Wildman–Crippen MR) is 44.9 cm³/mol. The zero-order valence-corrected chi connectivity index (χ0v) is 7.50. The first-order chi connectivity index (χ1) is 6.42. The largest absolute Gasteiger partial charge is 0.532 e. The van der Waals surface area contributed by atoms with Crippen LogP contribution in [0.4, 0.5) is 8.78 Å². The van der Waals surface area contributed by atoms with Crippen molar-refractivity contribution in [2.45, 2.75) is 19.8 Å². The van der Waals surface area contributed by atoms with Gasteiger partial charge in [0.2, 0.25) is 0 Å². The van der Waals surface area contributed by atoms with Crippen LogP contribution in [0.5, 0.6) is 5.75 Å². The molecule has 1 aromatic rings. The second-order valence-corrected chi connectivity index (χ2v) is 2.85. The Kier molecular flexibility index (Phi) is 3.03. The smallest absolute Gasteiger partial charge is 0.409 e. The van der Waals surface area contributed by atoms with Crippen molar-refractivity contribution in [3.05, 3.63) is 29.3 Å². The number of aliphatic hydroxyl groups excluding tert-OH is 1. The predicted octanol–water partition coefficient (Wildman–Crippen LogP) is 1.41. The van der Waals surface area contributed by atoms with Crippen molar-refractivity contribution < 1.29 is 23.7 Å². The molecule has 0 radical (unpaired) electrons. The number of hydrogen-bond acceptors (Lipinski definition) is 3. The van der Waals surface area contributed by atoms with E-state index in [-0.39, 0.29) is 12.4 Å². The summed E-state index contributed by atoms with van der Waals surface area (Å²) >= 11 is 0. The molecule has 2 N–H and O–H groups in total. The fourth-order valence-electron chi connectivity index (χ4n) is 1.06. The Balaban J connectivity index is 2.89. The first-order valence-corrected chi connectivity index (χ1v) is 3.92. The Bertz CT molecular complexity index is 320. The van der Waals surface area contributed by atoms with Gasteiger partial charge in [-0.05, 0) is 24.1 Å². The van der Waals surface area contributed by atoms with Crippen LogP contribution in [0.25, 0.3) is 0 Å². The topological polar surface area (TPSA) is 49.7 Å². The van der Waals surface area contributed by atoms with Crippen LogP contribution in [0.2, 0.25) is 0 Å². The van der Waals surface area contributed by atoms with Gasteiger partial charge in [-0.2, -0.15) is 0 Å². The molecule has 14 heavy (non-hydrogen) atoms. The number of alkyl halides is 2. The molecule has 5 heteroatoms. The number of ether oxygens (including phenoxy) is 1. The summed E-state index contributed by atoms with van der Waals surface area (Å²) in [5.74, 6) is -0.116. The number of benzene rings is 1. The van der Waals surface area contributed by atoms with Gasteiger partial charge in [-0.15, -0.1) is 8.78 Å². The molecule has 0 fully saturated rings. The third kappa shape index (κ3) is 2.93. The van der Waals surface area contributed by atoms with Crippen LogP contribution in [-0.4, -0.2) is 16.5 Å². The average Bonchev–Trinajstić information content (AvgIpc) is 2.06. The molecule has 1 aromatic carbocycles. The van der Waals surface area contributed by atoms with Crippen molar-refractivity contribution in [1.82, 2.24) is 0 Å². The fraction of sp³-hybridized carbons (Fsp3) is 0.333. The van der Waals surface area contributed by atoms with E-state index in [0.717, 1.165) is 0 Å². The molecule has 0 saturated carbocycles. The van der Waals surface area contributed by atoms with Crippen molar-refractivity contribution in [3.8, 4) is 5.75 Å². The van der Waals surface area contributed by atoms with Crippen molar-refractivity contribution in [3.63, 3.8) is 0 Å². The van der Waals surface area contributed by atoms with E-state index in [0.29, 0.717) is 11.1 Å². The van der Waals surface area contributed by atoms with Crippen LogP contribution >= 0.6 is 0 Å². The van der Waals surface area contributed by atoms with Crippen LogP contribution < -0.4 is 4.74 Å². The molecule has 0 spiro atoms. The van der Waals surface area contributed by atoms with Crippen LogP contribution in [0, 0.1) is 6.92 Å². The van der Waals surface area contributed by atoms with E-state index < -0.39 is 6.29 Å². The van der Waals surface area contributed by atoms with Gasteiger partial charge in [-0.1, -0.05) is 12.1 Å². The first kappa shape index (κ1) is 10.9. The monoisotopic (exact) mass is 204 g/mol. The van der Waals surface area contributed by atoms with Gasteiger partial charge >= 0.3 is 6.29 Å². The van der Waals surface area contributed by atoms with E-state index in [1.54, 1.807) is 6.92 Å². The van der Waals surface area contributed by atoms with Crippen LogP contribution in [0.15, 0.2) is 18.2 Å². The highest BCUT2D eigenvalue weighted by atomic mass is 19.3. The molecule has 78 valence electrons. The third-order valence-corrected chi connectivity index (χ3v) is 1.65. The summed E-state index contributed by atoms with van der Waals surface area (Å²) in [6.07, 6.45) is -4.18. The van der Waals surface area contributed by atoms with Gasteiger partial charge in [-0.3, -0.25) is 0 Å². The van der Waals surface area contributed by atoms with Gasteiger partial charge in [0, 0.05) is 0 Å². The van der Waals surface area contributed by atoms with Gasteiger partial charge in [0.1, 0.15) is 5.75 Å². The van der Waals surface area contributed by atoms with Crippen LogP contribution in [0.3, 0.4) is 0 Å². The Morgan fingerprint density at radius 1 is 1.43 bits per heavy atom. The minimum absolute atomic E-state index is 0.116. The molecule has 1 rings (SSSR count). The van der Waals surface area contributed by atoms with Gasteiger partial charge in [0.15, 0.2) is 0 Å². The SMILES string of the molecule is Cc1cc(CO)ccc1OC(O)(F)F. The van der Waals surface area contributed by atoms with E-state index in [1.807, 2.05) is 0 Å². The maximum absolute atomic E-state index is 12.1. The lowest BCUT2D eigenvalue weighted by Gasteiger charge is -2.13. The normalized spacial score (nSPS) is 11.5. The summed E-state index contributed by atoms with van der Waals surface area (Å²) < 4.78 is 28.1. The molecular weight excluding hydrogens is 194 g/mol. The van der Waals surface area contributed by atoms with Gasteiger partial charge in [0.05, 0.1) is 6.61 Å². The van der Waals surface area contributed by atoms with Crippen molar-refractivity contribution >= 4 is 0 Å². The van der Waals surface area contributed by atoms with Crippen LogP contribution in [0.1, 0.15) is 11.1 Å². The van der Waals surface area contributed by atoms with Crippen molar-refractivity contribution in [2.24, 2.45) is 0 Å². The highest BCUT2D eigenvalue weighted by Crippen LogP contribution is 2.24. The molecule has 3 nitrogen and oxygen atoms in total. The van der Waals surface area contributed by atoms with Crippen molar-refractivity contribution in [1.29, 1.82) is 0 Å². The van der Waals surface area contributed by atoms with E-state index in [1.165, 1.54) is 18.2 Å². The minimum atomic E-state index is -4.18. The molecule has 0 heterocycles. The molecule has 0 aromatic heterocycles. The second-order valence-electron chi connectivity index (χ2n) is 2.85. The zero-order valence-electron chi connectivity index (χ0n) is 7.50. The summed E-state index contributed by atoms with van der Waals surface area (Å²) in [7, 11) is 0. The minimum Gasteiger partial charge on any atom is -0.409 e. The molecule has 0 aliphatic rings. The Labute approximate surface area is 79.6 Å². The first-order valence-electron chi connectivity index (χ1n) is 3.92. The average molecular weight is 204 g/mol. The van der Waals surface area contributed by atoms with E-state index in [9.17, 15) is 8.78 Å². The number of rotatable bonds is 3. The number of halogens is 2. The second kappa shape index (κ2) is 3.89. The summed E-state index contributed by atoms with van der Waals surface area (Å²) in [6, 6.07) is 4.21. The molecule has 0 atom stereocenters. The van der Waals surface area contributed by atoms with E-state index >= 15 is 0 Å². The van der Waals surface area contributed by atoms with Gasteiger partial charge in [-0.25, -0.2) is 0 Å². The van der Waals surface area contributed by atoms with E-state index in [4.69, 9.17) is 10.2 Å². The molecule has 0 amide bonds. The Morgan fingerprint density at radius 3 is 2.50 bits per heavy atom. The lowest BCUT2D eigenvalue weighted by Crippen LogP contribution is -2.23. The van der Waals surface area contributed by atoms with Gasteiger partial charge in [0.25, 0.3) is 0 Å². The fourth-order valence-corrected chi connectivity index (χ4v) is 1.06. The standard InChI is InChI=1S/C9H10F2O3/c1-6-4-7(5-12)2-3-8(6)14-9(10,11)13/h2-4,12-13H,5H2,1H3. The molecule has 0 bridgehead atoms. The lowest BCUT2D eigenvalue weighted by molar-refractivity contribution is -0.327. The summed E-state index contributed by atoms with van der Waals surface area (Å²) in [5, 5.41) is 16.9. The number of aryl methyl sites for hydroxylation is 1. The molecular formula is C9H10F2O3. The summed E-state index contributed by atoms with van der Waals surface area (Å²) in [4.78, 5) is 0. The molecule has 0 aliphatic carbocycles. The van der Waals surface area contributed by atoms with Crippen LogP contribution in [-0.2, 0) is 6.61 Å². The zero-order chi connectivity index (χ0) is 10.8. The summed E-state index contributed by atoms with van der Waals surface area (Å²) in [5.41, 5.74) is 1.02. The number of hydrogen-bond donors (Lipinski definition) is 2. The Hall–Kier alpha value is -1.20. The van der Waals surface area contributed by atoms with E-state index in [2.05, 4.69) is 4.74 Å². The highest BCUT2D eigenvalue weighted by Gasteiger charge is 2.28. The molecule has 0 aliphatic heterocycles. The third-order valence-electron chi connectivity index (χ3n) is 1.65. The maximum Gasteiger partial charge on any atom is 0.532 e. The highest BCUT2D eigenvalue weighted by molar-refractivity contribution is 5.36. The number of aliphatic hydroxyl groups is 2. The molecule has 0 unspecified atom stereocenters. The van der Waals surface area contributed by atoms with Crippen molar-refractivity contribution in [2.75, 3.05) is 0 Å². The molecule has 0 saturated heterocycles. The summed E-state index contributed by atoms with van der Waals surface area (Å²) in [6.45, 7) is 1.37. The quantitative estimate of drug-likeness (QED) is 0.732. The van der Waals surface area contributed by atoms with Gasteiger partial charge < -0.3 is 14.9 Å². The maximum atomic E-state index is 12.1. The Morgan fingerprint density at radius 2 is 2.07 bits per heavy atom.